The fraction of sp³-hybridized carbons (Fsp3) is 0.294. The maximum atomic E-state index is 10.1. The first-order valence-electron chi connectivity index (χ1n) is 6.71. The molecule has 0 spiro atoms. The van der Waals surface area contributed by atoms with Gasteiger partial charge in [-0.25, -0.2) is 0 Å². The summed E-state index contributed by atoms with van der Waals surface area (Å²) in [5.74, 6) is 0.926. The van der Waals surface area contributed by atoms with Gasteiger partial charge in [0.2, 0.25) is 0 Å². The third-order valence-electron chi connectivity index (χ3n) is 3.16. The average molecular weight is 288 g/mol. The molecule has 0 aliphatic rings. The van der Waals surface area contributed by atoms with Crippen molar-refractivity contribution in [2.75, 3.05) is 5.75 Å². The number of hydrogen-bond acceptors (Lipinski definition) is 3. The van der Waals surface area contributed by atoms with Crippen LogP contribution in [0.25, 0.3) is 0 Å². The number of thioether (sulfide) groups is 1. The second kappa shape index (κ2) is 6.82. The molecule has 1 atom stereocenters. The topological polar surface area (TPSA) is 40.5 Å². The molecule has 2 rings (SSSR count). The number of phenolic OH excluding ortho intramolecular Hbond substituents is 1. The summed E-state index contributed by atoms with van der Waals surface area (Å²) < 4.78 is 0. The molecule has 0 bridgehead atoms. The highest BCUT2D eigenvalue weighted by molar-refractivity contribution is 7.99. The van der Waals surface area contributed by atoms with Crippen LogP contribution in [0, 0.1) is 13.8 Å². The first kappa shape index (κ1) is 14.9. The summed E-state index contributed by atoms with van der Waals surface area (Å²) in [6.45, 7) is 3.89. The lowest BCUT2D eigenvalue weighted by Gasteiger charge is -2.13. The van der Waals surface area contributed by atoms with Gasteiger partial charge in [0.15, 0.2) is 0 Å². The largest absolute Gasteiger partial charge is 0.507 e. The Bertz CT molecular complexity index is 567. The molecular formula is C17H20O2S. The van der Waals surface area contributed by atoms with Gasteiger partial charge < -0.3 is 10.2 Å². The van der Waals surface area contributed by atoms with Crippen LogP contribution in [-0.4, -0.2) is 22.1 Å². The molecule has 0 aliphatic heterocycles. The van der Waals surface area contributed by atoms with Crippen molar-refractivity contribution in [3.8, 4) is 5.75 Å². The molecule has 0 radical (unpaired) electrons. The van der Waals surface area contributed by atoms with Gasteiger partial charge in [-0.3, -0.25) is 0 Å². The Hall–Kier alpha value is -1.45. The molecule has 0 fully saturated rings. The quantitative estimate of drug-likeness (QED) is 0.824. The number of rotatable bonds is 5. The number of aliphatic hydroxyl groups excluding tert-OH is 1. The molecule has 106 valence electrons. The number of phenols is 1. The number of hydrogen-bond donors (Lipinski definition) is 2. The average Bonchev–Trinajstić information content (AvgIpc) is 2.43. The summed E-state index contributed by atoms with van der Waals surface area (Å²) in [5.41, 5.74) is 2.80. The van der Waals surface area contributed by atoms with Crippen molar-refractivity contribution in [2.45, 2.75) is 31.3 Å². The minimum atomic E-state index is -0.465. The predicted molar refractivity (Wildman–Crippen MR) is 84.5 cm³/mol. The van der Waals surface area contributed by atoms with Crippen LogP contribution in [0.3, 0.4) is 0 Å². The Morgan fingerprint density at radius 2 is 1.80 bits per heavy atom. The molecule has 2 aromatic carbocycles. The molecule has 2 nitrogen and oxygen atoms in total. The van der Waals surface area contributed by atoms with Crippen molar-refractivity contribution in [3.05, 3.63) is 59.2 Å². The van der Waals surface area contributed by atoms with E-state index in [1.165, 1.54) is 0 Å². The second-order valence-corrected chi connectivity index (χ2v) is 6.16. The second-order valence-electron chi connectivity index (χ2n) is 5.07. The summed E-state index contributed by atoms with van der Waals surface area (Å²) in [6.07, 6.45) is 0.0149. The molecule has 2 aromatic rings. The molecule has 1 unspecified atom stereocenters. The molecule has 3 heteroatoms. The van der Waals surface area contributed by atoms with Crippen molar-refractivity contribution in [3.63, 3.8) is 0 Å². The van der Waals surface area contributed by atoms with Gasteiger partial charge in [0.1, 0.15) is 5.75 Å². The maximum Gasteiger partial charge on any atom is 0.121 e. The van der Waals surface area contributed by atoms with Gasteiger partial charge in [0.25, 0.3) is 0 Å². The zero-order valence-electron chi connectivity index (χ0n) is 11.8. The molecular weight excluding hydrogens is 268 g/mol. The highest BCUT2D eigenvalue weighted by atomic mass is 32.2. The van der Waals surface area contributed by atoms with Crippen molar-refractivity contribution >= 4 is 11.8 Å². The molecule has 20 heavy (non-hydrogen) atoms. The van der Waals surface area contributed by atoms with Crippen molar-refractivity contribution < 1.29 is 10.2 Å². The van der Waals surface area contributed by atoms with Gasteiger partial charge in [0, 0.05) is 17.1 Å². The smallest absolute Gasteiger partial charge is 0.121 e. The van der Waals surface area contributed by atoms with Crippen LogP contribution in [0.4, 0.5) is 0 Å². The predicted octanol–water partition coefficient (Wildman–Crippen LogP) is 3.70. The van der Waals surface area contributed by atoms with E-state index in [9.17, 15) is 10.2 Å². The summed E-state index contributed by atoms with van der Waals surface area (Å²) in [7, 11) is 0. The summed E-state index contributed by atoms with van der Waals surface area (Å²) in [6, 6.07) is 13.9. The first-order valence-corrected chi connectivity index (χ1v) is 7.70. The van der Waals surface area contributed by atoms with Gasteiger partial charge in [-0.2, -0.15) is 0 Å². The Kier molecular flexibility index (Phi) is 5.10. The monoisotopic (exact) mass is 288 g/mol. The number of benzene rings is 2. The van der Waals surface area contributed by atoms with E-state index < -0.39 is 6.10 Å². The number of aliphatic hydroxyl groups is 1. The SMILES string of the molecule is Cc1cc(C)c(O)c(CC(O)CSc2ccccc2)c1. The normalized spacial score (nSPS) is 12.3. The molecule has 0 heterocycles. The van der Waals surface area contributed by atoms with E-state index in [0.717, 1.165) is 21.6 Å². The summed E-state index contributed by atoms with van der Waals surface area (Å²) in [5, 5.41) is 20.2. The van der Waals surface area contributed by atoms with E-state index >= 15 is 0 Å². The number of aryl methyl sites for hydroxylation is 2. The molecule has 2 N–H and O–H groups in total. The molecule has 0 amide bonds. The molecule has 0 aliphatic carbocycles. The lowest BCUT2D eigenvalue weighted by Crippen LogP contribution is -2.14. The van der Waals surface area contributed by atoms with E-state index in [4.69, 9.17) is 0 Å². The van der Waals surface area contributed by atoms with Gasteiger partial charge in [-0.15, -0.1) is 11.8 Å². The Balaban J connectivity index is 1.96. The van der Waals surface area contributed by atoms with Crippen molar-refractivity contribution in [2.24, 2.45) is 0 Å². The van der Waals surface area contributed by atoms with E-state index in [2.05, 4.69) is 0 Å². The van der Waals surface area contributed by atoms with Crippen LogP contribution in [0.2, 0.25) is 0 Å². The van der Waals surface area contributed by atoms with Crippen LogP contribution >= 0.6 is 11.8 Å². The third kappa shape index (κ3) is 4.02. The first-order chi connectivity index (χ1) is 9.56. The number of aromatic hydroxyl groups is 1. The third-order valence-corrected chi connectivity index (χ3v) is 4.32. The lowest BCUT2D eigenvalue weighted by molar-refractivity contribution is 0.199. The van der Waals surface area contributed by atoms with Crippen LogP contribution in [0.5, 0.6) is 5.75 Å². The van der Waals surface area contributed by atoms with Crippen LogP contribution in [0.15, 0.2) is 47.4 Å². The Morgan fingerprint density at radius 3 is 2.50 bits per heavy atom. The Labute approximate surface area is 124 Å². The standard InChI is InChI=1S/C17H20O2S/c1-12-8-13(2)17(19)14(9-12)10-15(18)11-20-16-6-4-3-5-7-16/h3-9,15,18-19H,10-11H2,1-2H3. The van der Waals surface area contributed by atoms with Crippen LogP contribution in [0.1, 0.15) is 16.7 Å². The highest BCUT2D eigenvalue weighted by Crippen LogP contribution is 2.26. The van der Waals surface area contributed by atoms with E-state index in [0.29, 0.717) is 17.9 Å². The maximum absolute atomic E-state index is 10.1. The minimum Gasteiger partial charge on any atom is -0.507 e. The van der Waals surface area contributed by atoms with Gasteiger partial charge >= 0.3 is 0 Å². The van der Waals surface area contributed by atoms with Crippen LogP contribution in [-0.2, 0) is 6.42 Å². The van der Waals surface area contributed by atoms with Crippen LogP contribution < -0.4 is 0 Å². The summed E-state index contributed by atoms with van der Waals surface area (Å²) >= 11 is 1.63. The molecule has 0 aromatic heterocycles. The highest BCUT2D eigenvalue weighted by Gasteiger charge is 2.12. The Morgan fingerprint density at radius 1 is 1.10 bits per heavy atom. The van der Waals surface area contributed by atoms with E-state index in [-0.39, 0.29) is 0 Å². The minimum absolute atomic E-state index is 0.305. The van der Waals surface area contributed by atoms with Crippen molar-refractivity contribution in [1.29, 1.82) is 0 Å². The van der Waals surface area contributed by atoms with Gasteiger partial charge in [-0.05, 0) is 37.1 Å². The van der Waals surface area contributed by atoms with Crippen molar-refractivity contribution in [1.82, 2.24) is 0 Å². The van der Waals surface area contributed by atoms with Gasteiger partial charge in [0.05, 0.1) is 6.10 Å². The zero-order chi connectivity index (χ0) is 14.5. The van der Waals surface area contributed by atoms with E-state index in [1.807, 2.05) is 56.3 Å². The fourth-order valence-corrected chi connectivity index (χ4v) is 3.08. The zero-order valence-corrected chi connectivity index (χ0v) is 12.7. The lowest BCUT2D eigenvalue weighted by atomic mass is 10.0. The molecule has 0 saturated carbocycles. The molecule has 0 saturated heterocycles. The van der Waals surface area contributed by atoms with E-state index in [1.54, 1.807) is 11.8 Å². The fourth-order valence-electron chi connectivity index (χ4n) is 2.23. The van der Waals surface area contributed by atoms with Gasteiger partial charge in [-0.1, -0.05) is 35.9 Å². The summed E-state index contributed by atoms with van der Waals surface area (Å²) in [4.78, 5) is 1.15.